The van der Waals surface area contributed by atoms with Crippen molar-refractivity contribution in [1.82, 2.24) is 14.9 Å². The number of aromatic carboxylic acids is 1. The van der Waals surface area contributed by atoms with Crippen LogP contribution in [0.3, 0.4) is 0 Å². The molecule has 0 fully saturated rings. The molecule has 7 nitrogen and oxygen atoms in total. The number of nitrogens with zero attached hydrogens (tertiary/aromatic N) is 2. The van der Waals surface area contributed by atoms with Gasteiger partial charge in [0.2, 0.25) is 0 Å². The third kappa shape index (κ3) is 4.79. The van der Waals surface area contributed by atoms with Gasteiger partial charge in [0.1, 0.15) is 17.1 Å². The van der Waals surface area contributed by atoms with Crippen LogP contribution in [-0.4, -0.2) is 33.3 Å². The Balaban J connectivity index is 0.00000220. The van der Waals surface area contributed by atoms with Crippen LogP contribution in [0.15, 0.2) is 6.20 Å². The summed E-state index contributed by atoms with van der Waals surface area (Å²) < 4.78 is 6.93. The van der Waals surface area contributed by atoms with Gasteiger partial charge in [0.05, 0.1) is 12.0 Å². The fourth-order valence-electron chi connectivity index (χ4n) is 2.13. The van der Waals surface area contributed by atoms with Gasteiger partial charge < -0.3 is 24.5 Å². The zero-order valence-corrected chi connectivity index (χ0v) is 12.8. The van der Waals surface area contributed by atoms with Gasteiger partial charge in [-0.2, -0.15) is 0 Å². The van der Waals surface area contributed by atoms with Crippen molar-refractivity contribution in [3.8, 4) is 0 Å². The van der Waals surface area contributed by atoms with Gasteiger partial charge in [0.15, 0.2) is 0 Å². The Hall–Kier alpha value is -1.45. The molecule has 1 amide bonds. The van der Waals surface area contributed by atoms with E-state index < -0.39 is 17.7 Å². The molecule has 0 saturated carbocycles. The minimum atomic E-state index is -1.29. The number of alkyl carbamates (subject to hydrolysis) is 1. The van der Waals surface area contributed by atoms with Crippen LogP contribution in [0.2, 0.25) is 0 Å². The number of hydrogen-bond acceptors (Lipinski definition) is 5. The molecular weight excluding hydrogens is 269 g/mol. The first-order chi connectivity index (χ1) is 9.24. The summed E-state index contributed by atoms with van der Waals surface area (Å²) in [5.74, 6) is -0.588. The van der Waals surface area contributed by atoms with Crippen molar-refractivity contribution in [3.63, 3.8) is 0 Å². The molecule has 1 unspecified atom stereocenters. The molecule has 0 aliphatic carbocycles. The molecule has 8 heteroatoms. The van der Waals surface area contributed by atoms with Crippen LogP contribution < -0.4 is 29.3 Å². The van der Waals surface area contributed by atoms with E-state index in [4.69, 9.17) is 4.74 Å². The summed E-state index contributed by atoms with van der Waals surface area (Å²) in [7, 11) is 0. The molecule has 0 spiro atoms. The Labute approximate surface area is 135 Å². The monoisotopic (exact) mass is 287 g/mol. The van der Waals surface area contributed by atoms with E-state index in [2.05, 4.69) is 10.3 Å². The fraction of sp³-hybridized carbons (Fsp3) is 0.615. The number of amides is 1. The first-order valence-corrected chi connectivity index (χ1v) is 6.51. The second-order valence-corrected chi connectivity index (χ2v) is 5.86. The number of aryl methyl sites for hydroxylation is 1. The van der Waals surface area contributed by atoms with Crippen molar-refractivity contribution in [1.29, 1.82) is 0 Å². The maximum Gasteiger partial charge on any atom is 1.00 e. The molecule has 2 heterocycles. The zero-order chi connectivity index (χ0) is 14.9. The largest absolute Gasteiger partial charge is 1.00 e. The molecule has 1 atom stereocenters. The summed E-state index contributed by atoms with van der Waals surface area (Å²) in [5.41, 5.74) is -0.612. The molecule has 1 aliphatic rings. The van der Waals surface area contributed by atoms with E-state index in [0.717, 1.165) is 0 Å². The first-order valence-electron chi connectivity index (χ1n) is 6.51. The SMILES string of the molecule is CC(C)(C)OC(=O)NC1CCc2nc(C(=O)[O-])cn2C1.[Li+]. The molecule has 0 radical (unpaired) electrons. The standard InChI is InChI=1S/C13H19N3O4.Li/c1-13(2,3)20-12(19)14-8-4-5-10-15-9(11(17)18)7-16(10)6-8;/h7-8H,4-6H2,1-3H3,(H,14,19)(H,17,18);/q;+1/p-1. The van der Waals surface area contributed by atoms with E-state index in [1.165, 1.54) is 6.20 Å². The molecule has 1 N–H and O–H groups in total. The number of carbonyl (C=O) groups excluding carboxylic acids is 2. The summed E-state index contributed by atoms with van der Waals surface area (Å²) >= 11 is 0. The molecule has 110 valence electrons. The summed E-state index contributed by atoms with van der Waals surface area (Å²) in [6.45, 7) is 5.88. The Kier molecular flexibility index (Phi) is 5.48. The molecule has 1 aromatic heterocycles. The number of rotatable bonds is 2. The van der Waals surface area contributed by atoms with Crippen LogP contribution >= 0.6 is 0 Å². The molecule has 0 bridgehead atoms. The average molecular weight is 287 g/mol. The number of carboxylic acid groups (broad SMARTS) is 1. The van der Waals surface area contributed by atoms with Crippen LogP contribution in [0, 0.1) is 0 Å². The molecule has 1 aliphatic heterocycles. The zero-order valence-electron chi connectivity index (χ0n) is 12.8. The molecule has 0 aromatic carbocycles. The smallest absolute Gasteiger partial charge is 0.543 e. The molecule has 2 rings (SSSR count). The van der Waals surface area contributed by atoms with Gasteiger partial charge in [0.25, 0.3) is 0 Å². The minimum absolute atomic E-state index is 0. The van der Waals surface area contributed by atoms with Crippen LogP contribution in [0.5, 0.6) is 0 Å². The predicted molar refractivity (Wildman–Crippen MR) is 68.0 cm³/mol. The predicted octanol–water partition coefficient (Wildman–Crippen LogP) is -2.91. The number of nitrogens with one attached hydrogen (secondary N) is 1. The van der Waals surface area contributed by atoms with E-state index in [1.54, 1.807) is 25.3 Å². The van der Waals surface area contributed by atoms with Gasteiger partial charge in [-0.1, -0.05) is 0 Å². The van der Waals surface area contributed by atoms with E-state index >= 15 is 0 Å². The molecule has 21 heavy (non-hydrogen) atoms. The topological polar surface area (TPSA) is 96.3 Å². The Bertz CT molecular complexity index is 536. The van der Waals surface area contributed by atoms with Crippen molar-refractivity contribution in [2.24, 2.45) is 0 Å². The maximum atomic E-state index is 11.7. The van der Waals surface area contributed by atoms with Crippen molar-refractivity contribution in [2.45, 2.75) is 51.8 Å². The van der Waals surface area contributed by atoms with E-state index in [-0.39, 0.29) is 30.6 Å². The number of fused-ring (bicyclic) bond motifs is 1. The minimum Gasteiger partial charge on any atom is -0.543 e. The Morgan fingerprint density at radius 2 is 2.14 bits per heavy atom. The number of ether oxygens (including phenoxy) is 1. The number of hydrogen-bond donors (Lipinski definition) is 1. The second-order valence-electron chi connectivity index (χ2n) is 5.86. The molecule has 0 saturated heterocycles. The van der Waals surface area contributed by atoms with Crippen molar-refractivity contribution in [3.05, 3.63) is 17.7 Å². The van der Waals surface area contributed by atoms with Gasteiger partial charge in [-0.05, 0) is 27.2 Å². The third-order valence-electron chi connectivity index (χ3n) is 2.92. The normalized spacial score (nSPS) is 17.4. The van der Waals surface area contributed by atoms with Gasteiger partial charge in [0, 0.05) is 19.2 Å². The van der Waals surface area contributed by atoms with Gasteiger partial charge in [-0.3, -0.25) is 0 Å². The Morgan fingerprint density at radius 3 is 2.71 bits per heavy atom. The van der Waals surface area contributed by atoms with Crippen molar-refractivity contribution >= 4 is 12.1 Å². The number of carboxylic acids is 1. The maximum absolute atomic E-state index is 11.7. The second kappa shape index (κ2) is 6.54. The summed E-state index contributed by atoms with van der Waals surface area (Å²) in [6, 6.07) is -0.0962. The van der Waals surface area contributed by atoms with Crippen LogP contribution in [0.1, 0.15) is 43.5 Å². The van der Waals surface area contributed by atoms with Crippen LogP contribution in [-0.2, 0) is 17.7 Å². The number of imidazole rings is 1. The molecular formula is C13H18LiN3O4. The first kappa shape index (κ1) is 17.6. The third-order valence-corrected chi connectivity index (χ3v) is 2.92. The number of aromatic nitrogens is 2. The van der Waals surface area contributed by atoms with Gasteiger partial charge in [-0.25, -0.2) is 9.78 Å². The Morgan fingerprint density at radius 1 is 1.48 bits per heavy atom. The van der Waals surface area contributed by atoms with Crippen molar-refractivity contribution in [2.75, 3.05) is 0 Å². The van der Waals surface area contributed by atoms with E-state index in [1.807, 2.05) is 0 Å². The van der Waals surface area contributed by atoms with Crippen LogP contribution in [0.4, 0.5) is 4.79 Å². The summed E-state index contributed by atoms with van der Waals surface area (Å²) in [6.07, 6.45) is 2.27. The fourth-order valence-corrected chi connectivity index (χ4v) is 2.13. The van der Waals surface area contributed by atoms with E-state index in [0.29, 0.717) is 25.2 Å². The van der Waals surface area contributed by atoms with Crippen LogP contribution in [0.25, 0.3) is 0 Å². The average Bonchev–Trinajstić information content (AvgIpc) is 2.69. The number of carbonyl (C=O) groups is 2. The van der Waals surface area contributed by atoms with Gasteiger partial charge >= 0.3 is 25.0 Å². The van der Waals surface area contributed by atoms with Gasteiger partial charge in [-0.15, -0.1) is 0 Å². The van der Waals surface area contributed by atoms with Crippen molar-refractivity contribution < 1.29 is 38.3 Å². The summed E-state index contributed by atoms with van der Waals surface area (Å²) in [4.78, 5) is 26.4. The van der Waals surface area contributed by atoms with E-state index in [9.17, 15) is 14.7 Å². The summed E-state index contributed by atoms with van der Waals surface area (Å²) in [5, 5.41) is 13.5. The quantitative estimate of drug-likeness (QED) is 0.588. The molecule has 1 aromatic rings.